The van der Waals surface area contributed by atoms with E-state index in [0.717, 1.165) is 23.3 Å². The van der Waals surface area contributed by atoms with Crippen molar-refractivity contribution in [3.8, 4) is 5.75 Å². The maximum atomic E-state index is 12.5. The zero-order valence-corrected chi connectivity index (χ0v) is 11.8. The first kappa shape index (κ1) is 12.2. The smallest absolute Gasteiger partial charge is 0.228 e. The van der Waals surface area contributed by atoms with Gasteiger partial charge in [-0.1, -0.05) is 12.1 Å². The maximum Gasteiger partial charge on any atom is 0.228 e. The van der Waals surface area contributed by atoms with Gasteiger partial charge in [-0.2, -0.15) is 0 Å². The molecule has 0 heterocycles. The van der Waals surface area contributed by atoms with E-state index in [2.05, 4.69) is 5.32 Å². The highest BCUT2D eigenvalue weighted by atomic mass is 16.5. The fourth-order valence-electron chi connectivity index (χ4n) is 4.74. The Morgan fingerprint density at radius 1 is 1.25 bits per heavy atom. The molecule has 106 valence electrons. The summed E-state index contributed by atoms with van der Waals surface area (Å²) < 4.78 is 5.57. The number of ether oxygens (including phenoxy) is 1. The lowest BCUT2D eigenvalue weighted by Gasteiger charge is -2.13. The van der Waals surface area contributed by atoms with Gasteiger partial charge in [0.1, 0.15) is 5.75 Å². The molecule has 1 aromatic rings. The van der Waals surface area contributed by atoms with Crippen LogP contribution in [0.15, 0.2) is 24.3 Å². The quantitative estimate of drug-likeness (QED) is 0.912. The predicted molar refractivity (Wildman–Crippen MR) is 77.5 cm³/mol. The number of hydrogen-bond acceptors (Lipinski definition) is 2. The summed E-state index contributed by atoms with van der Waals surface area (Å²) in [5.74, 6) is 4.31. The molecule has 3 aliphatic rings. The van der Waals surface area contributed by atoms with Gasteiger partial charge in [0.25, 0.3) is 0 Å². The summed E-state index contributed by atoms with van der Waals surface area (Å²) in [6.07, 6.45) is 4.09. The number of anilines is 1. The van der Waals surface area contributed by atoms with Crippen LogP contribution in [0.3, 0.4) is 0 Å². The highest BCUT2D eigenvalue weighted by molar-refractivity contribution is 5.96. The van der Waals surface area contributed by atoms with E-state index in [1.165, 1.54) is 19.3 Å². The first-order valence-corrected chi connectivity index (χ1v) is 7.82. The summed E-state index contributed by atoms with van der Waals surface area (Å²) in [7, 11) is 0. The van der Waals surface area contributed by atoms with Gasteiger partial charge in [-0.05, 0) is 62.0 Å². The Labute approximate surface area is 119 Å². The van der Waals surface area contributed by atoms with Crippen LogP contribution in [-0.4, -0.2) is 12.5 Å². The fourth-order valence-corrected chi connectivity index (χ4v) is 4.74. The van der Waals surface area contributed by atoms with Crippen LogP contribution in [0.1, 0.15) is 26.2 Å². The molecule has 1 amide bonds. The van der Waals surface area contributed by atoms with Gasteiger partial charge in [0, 0.05) is 5.92 Å². The van der Waals surface area contributed by atoms with Crippen molar-refractivity contribution in [3.05, 3.63) is 24.3 Å². The van der Waals surface area contributed by atoms with Gasteiger partial charge < -0.3 is 10.1 Å². The second-order valence-electron chi connectivity index (χ2n) is 6.43. The van der Waals surface area contributed by atoms with E-state index in [4.69, 9.17) is 4.74 Å². The molecule has 0 spiro atoms. The van der Waals surface area contributed by atoms with Gasteiger partial charge in [0.15, 0.2) is 0 Å². The number of amides is 1. The zero-order chi connectivity index (χ0) is 13.7. The summed E-state index contributed by atoms with van der Waals surface area (Å²) in [5.41, 5.74) is 0.816. The molecule has 4 rings (SSSR count). The Balaban J connectivity index is 1.47. The second-order valence-corrected chi connectivity index (χ2v) is 6.43. The maximum absolute atomic E-state index is 12.5. The molecule has 3 nitrogen and oxygen atoms in total. The molecule has 0 aliphatic heterocycles. The monoisotopic (exact) mass is 271 g/mol. The molecule has 3 heteroatoms. The van der Waals surface area contributed by atoms with E-state index in [-0.39, 0.29) is 11.8 Å². The number of carbonyl (C=O) groups excluding carboxylic acids is 1. The Morgan fingerprint density at radius 3 is 2.65 bits per heavy atom. The van der Waals surface area contributed by atoms with Crippen LogP contribution in [-0.2, 0) is 4.79 Å². The van der Waals surface area contributed by atoms with Gasteiger partial charge in [0.05, 0.1) is 12.3 Å². The van der Waals surface area contributed by atoms with Gasteiger partial charge >= 0.3 is 0 Å². The molecular weight excluding hydrogens is 250 g/mol. The molecule has 0 radical (unpaired) electrons. The third-order valence-electron chi connectivity index (χ3n) is 5.48. The van der Waals surface area contributed by atoms with Crippen molar-refractivity contribution >= 4 is 11.6 Å². The van der Waals surface area contributed by atoms with E-state index in [0.29, 0.717) is 18.4 Å². The normalized spacial score (nSPS) is 36.5. The minimum absolute atomic E-state index is 0.212. The van der Waals surface area contributed by atoms with Crippen LogP contribution in [0, 0.1) is 29.6 Å². The molecule has 0 aromatic heterocycles. The summed E-state index contributed by atoms with van der Waals surface area (Å²) >= 11 is 0. The van der Waals surface area contributed by atoms with Crippen LogP contribution in [0.5, 0.6) is 5.75 Å². The molecule has 1 aromatic carbocycles. The number of nitrogens with one attached hydrogen (secondary N) is 1. The number of hydrogen-bond donors (Lipinski definition) is 1. The number of para-hydroxylation sites is 2. The first-order valence-electron chi connectivity index (χ1n) is 7.82. The summed E-state index contributed by atoms with van der Waals surface area (Å²) in [6.45, 7) is 2.58. The lowest BCUT2D eigenvalue weighted by atomic mass is 10.0. The largest absolute Gasteiger partial charge is 0.492 e. The Bertz CT molecular complexity index is 526. The van der Waals surface area contributed by atoms with Gasteiger partial charge in [-0.3, -0.25) is 4.79 Å². The van der Waals surface area contributed by atoms with Crippen molar-refractivity contribution in [2.75, 3.05) is 11.9 Å². The van der Waals surface area contributed by atoms with E-state index >= 15 is 0 Å². The first-order chi connectivity index (χ1) is 9.79. The second kappa shape index (κ2) is 4.51. The third kappa shape index (κ3) is 1.75. The third-order valence-corrected chi connectivity index (χ3v) is 5.48. The SMILES string of the molecule is CCOc1ccccc1NC(=O)C1C2C3CCC(C3)C12. The number of rotatable bonds is 4. The Hall–Kier alpha value is -1.51. The van der Waals surface area contributed by atoms with Gasteiger partial charge in [0.2, 0.25) is 5.91 Å². The molecule has 4 atom stereocenters. The summed E-state index contributed by atoms with van der Waals surface area (Å²) in [4.78, 5) is 12.5. The van der Waals surface area contributed by atoms with Gasteiger partial charge in [-0.25, -0.2) is 0 Å². The van der Waals surface area contributed by atoms with Crippen molar-refractivity contribution in [2.24, 2.45) is 29.6 Å². The predicted octanol–water partition coefficient (Wildman–Crippen LogP) is 3.32. The van der Waals surface area contributed by atoms with Crippen LogP contribution in [0.25, 0.3) is 0 Å². The molecule has 1 N–H and O–H groups in total. The van der Waals surface area contributed by atoms with Crippen molar-refractivity contribution in [3.63, 3.8) is 0 Å². The van der Waals surface area contributed by atoms with Crippen molar-refractivity contribution in [1.82, 2.24) is 0 Å². The van der Waals surface area contributed by atoms with Crippen molar-refractivity contribution in [2.45, 2.75) is 26.2 Å². The molecular formula is C17H21NO2. The lowest BCUT2D eigenvalue weighted by Crippen LogP contribution is -2.19. The van der Waals surface area contributed by atoms with Crippen molar-refractivity contribution in [1.29, 1.82) is 0 Å². The average molecular weight is 271 g/mol. The summed E-state index contributed by atoms with van der Waals surface area (Å²) in [5, 5.41) is 3.09. The Morgan fingerprint density at radius 2 is 1.95 bits per heavy atom. The molecule has 3 aliphatic carbocycles. The molecule has 4 unspecified atom stereocenters. The summed E-state index contributed by atoms with van der Waals surface area (Å²) in [6, 6.07) is 7.72. The fraction of sp³-hybridized carbons (Fsp3) is 0.588. The Kier molecular flexibility index (Phi) is 2.76. The van der Waals surface area contributed by atoms with Gasteiger partial charge in [-0.15, -0.1) is 0 Å². The van der Waals surface area contributed by atoms with Crippen LogP contribution in [0.2, 0.25) is 0 Å². The van der Waals surface area contributed by atoms with E-state index in [1.54, 1.807) is 0 Å². The minimum atomic E-state index is 0.212. The number of carbonyl (C=O) groups is 1. The van der Waals surface area contributed by atoms with Crippen LogP contribution in [0.4, 0.5) is 5.69 Å². The minimum Gasteiger partial charge on any atom is -0.492 e. The highest BCUT2D eigenvalue weighted by Crippen LogP contribution is 2.69. The standard InChI is InChI=1S/C17H21NO2/c1-2-20-13-6-4-3-5-12(13)18-17(19)16-14-10-7-8-11(9-10)15(14)16/h3-6,10-11,14-16H,2,7-9H2,1H3,(H,18,19). The van der Waals surface area contributed by atoms with Crippen molar-refractivity contribution < 1.29 is 9.53 Å². The topological polar surface area (TPSA) is 38.3 Å². The van der Waals surface area contributed by atoms with E-state index in [9.17, 15) is 4.79 Å². The number of fused-ring (bicyclic) bond motifs is 5. The highest BCUT2D eigenvalue weighted by Gasteiger charge is 2.67. The molecule has 2 bridgehead atoms. The zero-order valence-electron chi connectivity index (χ0n) is 11.8. The van der Waals surface area contributed by atoms with Crippen LogP contribution >= 0.6 is 0 Å². The average Bonchev–Trinajstić information content (AvgIpc) is 2.90. The molecule has 3 fully saturated rings. The van der Waals surface area contributed by atoms with E-state index < -0.39 is 0 Å². The molecule has 20 heavy (non-hydrogen) atoms. The van der Waals surface area contributed by atoms with E-state index in [1.807, 2.05) is 31.2 Å². The number of benzene rings is 1. The molecule has 0 saturated heterocycles. The van der Waals surface area contributed by atoms with Crippen LogP contribution < -0.4 is 10.1 Å². The lowest BCUT2D eigenvalue weighted by molar-refractivity contribution is -0.118. The molecule has 3 saturated carbocycles.